The lowest BCUT2D eigenvalue weighted by atomic mass is 10.1. The zero-order valence-corrected chi connectivity index (χ0v) is 15.3. The number of nitrogens with zero attached hydrogens (tertiary/aromatic N) is 3. The smallest absolute Gasteiger partial charge is 0.341 e. The van der Waals surface area contributed by atoms with Crippen molar-refractivity contribution in [2.75, 3.05) is 38.1 Å². The number of carbonyl (C=O) groups is 1. The lowest BCUT2D eigenvalue weighted by Crippen LogP contribution is -2.44. The van der Waals surface area contributed by atoms with Gasteiger partial charge in [0.25, 0.3) is 0 Å². The monoisotopic (exact) mass is 393 g/mol. The Hall–Kier alpha value is -1.86. The quantitative estimate of drug-likeness (QED) is 0.865. The lowest BCUT2D eigenvalue weighted by Gasteiger charge is -2.34. The van der Waals surface area contributed by atoms with E-state index in [0.29, 0.717) is 11.9 Å². The molecule has 0 bridgehead atoms. The van der Waals surface area contributed by atoms with Gasteiger partial charge >= 0.3 is 5.97 Å². The van der Waals surface area contributed by atoms with Crippen LogP contribution in [-0.4, -0.2) is 53.8 Å². The fourth-order valence-corrected chi connectivity index (χ4v) is 3.70. The second kappa shape index (κ2) is 6.57. The average molecular weight is 394 g/mol. The topological polar surface area (TPSA) is 65.8 Å². The van der Waals surface area contributed by atoms with Crippen molar-refractivity contribution in [3.8, 4) is 0 Å². The average Bonchev–Trinajstić information content (AvgIpc) is 2.56. The molecule has 1 aromatic carbocycles. The van der Waals surface area contributed by atoms with Crippen molar-refractivity contribution in [1.82, 2.24) is 9.47 Å². The third-order valence-corrected chi connectivity index (χ3v) is 5.20. The number of anilines is 1. The van der Waals surface area contributed by atoms with Crippen molar-refractivity contribution in [2.45, 2.75) is 13.5 Å². The standard InChI is InChI=1S/C17H20BrN3O3/c1-3-20-10-12(17(23)24)16(22)11-8-13(18)15(9-14(11)20)21-6-4-19(2)5-7-21/h8-10H,3-7H2,1-2H3,(H,23,24). The Morgan fingerprint density at radius 1 is 1.25 bits per heavy atom. The fourth-order valence-electron chi connectivity index (χ4n) is 3.10. The summed E-state index contributed by atoms with van der Waals surface area (Å²) in [6, 6.07) is 3.74. The Morgan fingerprint density at radius 2 is 1.92 bits per heavy atom. The SMILES string of the molecule is CCn1cc(C(=O)O)c(=O)c2cc(Br)c(N3CCN(C)CC3)cc21. The Kier molecular flexibility index (Phi) is 4.64. The van der Waals surface area contributed by atoms with Crippen LogP contribution in [0.4, 0.5) is 5.69 Å². The number of carboxylic acids is 1. The van der Waals surface area contributed by atoms with E-state index in [-0.39, 0.29) is 5.56 Å². The molecule has 24 heavy (non-hydrogen) atoms. The molecule has 2 aromatic rings. The molecule has 1 N–H and O–H groups in total. The number of fused-ring (bicyclic) bond motifs is 1. The van der Waals surface area contributed by atoms with Crippen LogP contribution in [0.25, 0.3) is 10.9 Å². The van der Waals surface area contributed by atoms with Crippen LogP contribution in [0.15, 0.2) is 27.6 Å². The number of benzene rings is 1. The predicted octanol–water partition coefficient (Wildman–Crippen LogP) is 2.23. The van der Waals surface area contributed by atoms with Gasteiger partial charge < -0.3 is 19.5 Å². The number of aromatic carboxylic acids is 1. The molecule has 7 heteroatoms. The number of piperazine rings is 1. The number of aromatic nitrogens is 1. The maximum absolute atomic E-state index is 12.5. The van der Waals surface area contributed by atoms with Crippen molar-refractivity contribution >= 4 is 38.5 Å². The van der Waals surface area contributed by atoms with Gasteiger partial charge in [-0.1, -0.05) is 0 Å². The molecule has 0 aliphatic carbocycles. The number of aryl methyl sites for hydroxylation is 1. The van der Waals surface area contributed by atoms with Gasteiger partial charge in [0.15, 0.2) is 0 Å². The van der Waals surface area contributed by atoms with E-state index in [4.69, 9.17) is 0 Å². The molecule has 0 spiro atoms. The Balaban J connectivity index is 2.18. The van der Waals surface area contributed by atoms with Crippen molar-refractivity contribution in [3.05, 3.63) is 38.6 Å². The molecule has 1 saturated heterocycles. The molecule has 3 rings (SSSR count). The highest BCUT2D eigenvalue weighted by Crippen LogP contribution is 2.31. The number of rotatable bonds is 3. The summed E-state index contributed by atoms with van der Waals surface area (Å²) in [4.78, 5) is 28.4. The van der Waals surface area contributed by atoms with Crippen LogP contribution in [-0.2, 0) is 6.54 Å². The molecule has 0 unspecified atom stereocenters. The van der Waals surface area contributed by atoms with Crippen molar-refractivity contribution in [3.63, 3.8) is 0 Å². The first-order valence-corrected chi connectivity index (χ1v) is 8.75. The number of carboxylic acid groups (broad SMARTS) is 1. The lowest BCUT2D eigenvalue weighted by molar-refractivity contribution is 0.0695. The molecular weight excluding hydrogens is 374 g/mol. The summed E-state index contributed by atoms with van der Waals surface area (Å²) in [5.41, 5.74) is 1.18. The van der Waals surface area contributed by atoms with Gasteiger partial charge in [-0.3, -0.25) is 4.79 Å². The van der Waals surface area contributed by atoms with Crippen LogP contribution in [0.1, 0.15) is 17.3 Å². The van der Waals surface area contributed by atoms with E-state index < -0.39 is 11.4 Å². The van der Waals surface area contributed by atoms with E-state index in [1.54, 1.807) is 6.07 Å². The van der Waals surface area contributed by atoms with E-state index in [9.17, 15) is 14.7 Å². The Bertz CT molecular complexity index is 854. The van der Waals surface area contributed by atoms with Gasteiger partial charge in [-0.2, -0.15) is 0 Å². The van der Waals surface area contributed by atoms with Crippen molar-refractivity contribution in [1.29, 1.82) is 0 Å². The summed E-state index contributed by atoms with van der Waals surface area (Å²) >= 11 is 3.56. The van der Waals surface area contributed by atoms with Gasteiger partial charge in [0, 0.05) is 48.8 Å². The minimum absolute atomic E-state index is 0.191. The Labute approximate surface area is 148 Å². The third kappa shape index (κ3) is 2.93. The summed E-state index contributed by atoms with van der Waals surface area (Å²) < 4.78 is 2.65. The summed E-state index contributed by atoms with van der Waals surface area (Å²) in [5.74, 6) is -1.19. The zero-order chi connectivity index (χ0) is 17.4. The summed E-state index contributed by atoms with van der Waals surface area (Å²) in [6.45, 7) is 6.36. The first-order valence-electron chi connectivity index (χ1n) is 7.96. The molecule has 1 fully saturated rings. The van der Waals surface area contributed by atoms with Crippen LogP contribution < -0.4 is 10.3 Å². The molecule has 0 saturated carbocycles. The van der Waals surface area contributed by atoms with E-state index >= 15 is 0 Å². The minimum Gasteiger partial charge on any atom is -0.477 e. The number of hydrogen-bond acceptors (Lipinski definition) is 4. The van der Waals surface area contributed by atoms with Gasteiger partial charge in [0.1, 0.15) is 5.56 Å². The molecule has 6 nitrogen and oxygen atoms in total. The molecule has 2 heterocycles. The highest BCUT2D eigenvalue weighted by molar-refractivity contribution is 9.10. The minimum atomic E-state index is -1.19. The fraction of sp³-hybridized carbons (Fsp3) is 0.412. The number of likely N-dealkylation sites (N-methyl/N-ethyl adjacent to an activating group) is 1. The predicted molar refractivity (Wildman–Crippen MR) is 98.3 cm³/mol. The van der Waals surface area contributed by atoms with E-state index in [1.165, 1.54) is 6.20 Å². The van der Waals surface area contributed by atoms with Crippen LogP contribution in [0, 0.1) is 0 Å². The maximum Gasteiger partial charge on any atom is 0.341 e. The third-order valence-electron chi connectivity index (χ3n) is 4.56. The Morgan fingerprint density at radius 3 is 2.50 bits per heavy atom. The van der Waals surface area contributed by atoms with E-state index in [1.807, 2.05) is 17.6 Å². The molecule has 0 atom stereocenters. The number of halogens is 1. The van der Waals surface area contributed by atoms with Crippen LogP contribution in [0.5, 0.6) is 0 Å². The highest BCUT2D eigenvalue weighted by Gasteiger charge is 2.20. The van der Waals surface area contributed by atoms with E-state index in [0.717, 1.165) is 41.9 Å². The summed E-state index contributed by atoms with van der Waals surface area (Å²) in [7, 11) is 2.11. The van der Waals surface area contributed by atoms with Crippen LogP contribution in [0.3, 0.4) is 0 Å². The second-order valence-electron chi connectivity index (χ2n) is 6.07. The summed E-state index contributed by atoms with van der Waals surface area (Å²) in [5, 5.41) is 9.69. The highest BCUT2D eigenvalue weighted by atomic mass is 79.9. The first-order chi connectivity index (χ1) is 11.4. The molecule has 128 valence electrons. The van der Waals surface area contributed by atoms with Crippen LogP contribution in [0.2, 0.25) is 0 Å². The molecule has 1 aliphatic heterocycles. The van der Waals surface area contributed by atoms with Crippen molar-refractivity contribution in [2.24, 2.45) is 0 Å². The number of pyridine rings is 1. The molecular formula is C17H20BrN3O3. The van der Waals surface area contributed by atoms with Gasteiger partial charge in [-0.25, -0.2) is 4.79 Å². The van der Waals surface area contributed by atoms with E-state index in [2.05, 4.69) is 32.8 Å². The van der Waals surface area contributed by atoms with Gasteiger partial charge in [-0.15, -0.1) is 0 Å². The summed E-state index contributed by atoms with van der Waals surface area (Å²) in [6.07, 6.45) is 1.44. The molecule has 0 amide bonds. The molecule has 1 aromatic heterocycles. The number of hydrogen-bond donors (Lipinski definition) is 1. The normalized spacial score (nSPS) is 15.9. The maximum atomic E-state index is 12.5. The van der Waals surface area contributed by atoms with Crippen molar-refractivity contribution < 1.29 is 9.90 Å². The molecule has 0 radical (unpaired) electrons. The van der Waals surface area contributed by atoms with Gasteiger partial charge in [0.05, 0.1) is 11.2 Å². The van der Waals surface area contributed by atoms with Gasteiger partial charge in [-0.05, 0) is 42.0 Å². The van der Waals surface area contributed by atoms with Gasteiger partial charge in [0.2, 0.25) is 5.43 Å². The largest absolute Gasteiger partial charge is 0.477 e. The van der Waals surface area contributed by atoms with Crippen LogP contribution >= 0.6 is 15.9 Å². The second-order valence-corrected chi connectivity index (χ2v) is 6.93. The first kappa shape index (κ1) is 17.0. The zero-order valence-electron chi connectivity index (χ0n) is 13.8. The molecule has 1 aliphatic rings.